The first-order chi connectivity index (χ1) is 9.58. The minimum atomic E-state index is -1.18. The van der Waals surface area contributed by atoms with E-state index in [-0.39, 0.29) is 11.5 Å². The molecule has 0 spiro atoms. The van der Waals surface area contributed by atoms with Crippen LogP contribution < -0.4 is 0 Å². The number of rotatable bonds is 2. The molecule has 0 aliphatic carbocycles. The number of hydrogen-bond donors (Lipinski definition) is 0. The number of esters is 1. The fourth-order valence-corrected chi connectivity index (χ4v) is 2.67. The second kappa shape index (κ2) is 4.65. The zero-order valence-electron chi connectivity index (χ0n) is 12.4. The SMILES string of the molecule is CC1(C)C(=O)O[C@@H](c2ccc([N+](=O)[O-])cc2)C(C)(C)C1=O. The minimum absolute atomic E-state index is 0.0506. The van der Waals surface area contributed by atoms with Crippen molar-refractivity contribution in [2.75, 3.05) is 0 Å². The van der Waals surface area contributed by atoms with Gasteiger partial charge < -0.3 is 4.74 Å². The molecule has 1 atom stereocenters. The number of nitrogens with zero attached hydrogens (tertiary/aromatic N) is 1. The Morgan fingerprint density at radius 2 is 1.62 bits per heavy atom. The van der Waals surface area contributed by atoms with E-state index in [0.29, 0.717) is 5.56 Å². The highest BCUT2D eigenvalue weighted by molar-refractivity contribution is 6.07. The summed E-state index contributed by atoms with van der Waals surface area (Å²) in [6.45, 7) is 6.53. The van der Waals surface area contributed by atoms with Gasteiger partial charge in [-0.3, -0.25) is 19.7 Å². The summed E-state index contributed by atoms with van der Waals surface area (Å²) in [4.78, 5) is 34.7. The minimum Gasteiger partial charge on any atom is -0.456 e. The van der Waals surface area contributed by atoms with Crippen molar-refractivity contribution in [2.45, 2.75) is 33.8 Å². The first kappa shape index (κ1) is 15.2. The van der Waals surface area contributed by atoms with Crippen LogP contribution in [0.1, 0.15) is 39.4 Å². The average molecular weight is 291 g/mol. The third kappa shape index (κ3) is 2.30. The number of benzene rings is 1. The highest BCUT2D eigenvalue weighted by atomic mass is 16.6. The number of cyclic esters (lactones) is 1. The summed E-state index contributed by atoms with van der Waals surface area (Å²) in [6.07, 6.45) is -0.744. The molecule has 6 heteroatoms. The molecule has 21 heavy (non-hydrogen) atoms. The largest absolute Gasteiger partial charge is 0.456 e. The summed E-state index contributed by atoms with van der Waals surface area (Å²) >= 11 is 0. The Kier molecular flexibility index (Phi) is 3.35. The van der Waals surface area contributed by atoms with E-state index in [9.17, 15) is 19.7 Å². The number of Topliss-reactive ketones (excluding diaryl/α,β-unsaturated/α-hetero) is 1. The lowest BCUT2D eigenvalue weighted by Crippen LogP contribution is -2.52. The maximum absolute atomic E-state index is 12.5. The van der Waals surface area contributed by atoms with Gasteiger partial charge in [-0.05, 0) is 45.4 Å². The Bertz CT molecular complexity index is 615. The smallest absolute Gasteiger partial charge is 0.319 e. The van der Waals surface area contributed by atoms with Crippen molar-refractivity contribution in [3.63, 3.8) is 0 Å². The lowest BCUT2D eigenvalue weighted by molar-refractivity contribution is -0.384. The number of non-ortho nitro benzene ring substituents is 1. The Morgan fingerprint density at radius 1 is 1.10 bits per heavy atom. The van der Waals surface area contributed by atoms with Gasteiger partial charge in [0, 0.05) is 12.1 Å². The van der Waals surface area contributed by atoms with Gasteiger partial charge in [-0.15, -0.1) is 0 Å². The van der Waals surface area contributed by atoms with Crippen LogP contribution in [0, 0.1) is 20.9 Å². The number of nitro groups is 1. The van der Waals surface area contributed by atoms with Crippen molar-refractivity contribution in [3.05, 3.63) is 39.9 Å². The van der Waals surface area contributed by atoms with E-state index in [0.717, 1.165) is 0 Å². The van der Waals surface area contributed by atoms with Gasteiger partial charge in [0.15, 0.2) is 5.78 Å². The topological polar surface area (TPSA) is 86.5 Å². The van der Waals surface area contributed by atoms with Crippen molar-refractivity contribution < 1.29 is 19.2 Å². The number of carbonyl (C=O) groups excluding carboxylic acids is 2. The van der Waals surface area contributed by atoms with Crippen LogP contribution in [0.2, 0.25) is 0 Å². The molecule has 6 nitrogen and oxygen atoms in total. The monoisotopic (exact) mass is 291 g/mol. The van der Waals surface area contributed by atoms with Crippen LogP contribution in [-0.2, 0) is 14.3 Å². The van der Waals surface area contributed by atoms with Crippen LogP contribution in [0.25, 0.3) is 0 Å². The van der Waals surface area contributed by atoms with Crippen molar-refractivity contribution in [2.24, 2.45) is 10.8 Å². The standard InChI is InChI=1S/C15H17NO5/c1-14(2)11(21-13(18)15(3,4)12(14)17)9-5-7-10(8-6-9)16(19)20/h5-8,11H,1-4H3/t11-/m0/s1. The number of ketones is 1. The normalized spacial score (nSPS) is 23.5. The van der Waals surface area contributed by atoms with Crippen LogP contribution in [0.3, 0.4) is 0 Å². The number of ether oxygens (including phenoxy) is 1. The summed E-state index contributed by atoms with van der Waals surface area (Å²) in [6, 6.07) is 5.71. The van der Waals surface area contributed by atoms with Crippen LogP contribution in [0.4, 0.5) is 5.69 Å². The molecular formula is C15H17NO5. The van der Waals surface area contributed by atoms with Gasteiger partial charge in [-0.25, -0.2) is 0 Å². The summed E-state index contributed by atoms with van der Waals surface area (Å²) in [5.41, 5.74) is -1.55. The van der Waals surface area contributed by atoms with Crippen molar-refractivity contribution in [3.8, 4) is 0 Å². The molecule has 1 aromatic carbocycles. The highest BCUT2D eigenvalue weighted by Crippen LogP contribution is 2.47. The van der Waals surface area contributed by atoms with E-state index in [1.807, 2.05) is 0 Å². The molecule has 112 valence electrons. The van der Waals surface area contributed by atoms with Gasteiger partial charge in [0.25, 0.3) is 5.69 Å². The van der Waals surface area contributed by atoms with Gasteiger partial charge >= 0.3 is 5.97 Å². The van der Waals surface area contributed by atoms with E-state index in [1.165, 1.54) is 24.3 Å². The van der Waals surface area contributed by atoms with E-state index >= 15 is 0 Å². The summed E-state index contributed by atoms with van der Waals surface area (Å²) < 4.78 is 5.44. The second-order valence-corrected chi connectivity index (χ2v) is 6.31. The van der Waals surface area contributed by atoms with Gasteiger partial charge in [0.1, 0.15) is 11.5 Å². The third-order valence-corrected chi connectivity index (χ3v) is 3.95. The molecule has 0 bridgehead atoms. The number of nitro benzene ring substituents is 1. The molecule has 0 unspecified atom stereocenters. The Labute approximate surface area is 122 Å². The molecule has 1 fully saturated rings. The van der Waals surface area contributed by atoms with E-state index in [2.05, 4.69) is 0 Å². The molecule has 1 aromatic rings. The van der Waals surface area contributed by atoms with Gasteiger partial charge in [0.05, 0.1) is 10.3 Å². The highest BCUT2D eigenvalue weighted by Gasteiger charge is 2.55. The predicted octanol–water partition coefficient (Wildman–Crippen LogP) is 2.81. The number of carbonyl (C=O) groups is 2. The van der Waals surface area contributed by atoms with Crippen molar-refractivity contribution >= 4 is 17.4 Å². The van der Waals surface area contributed by atoms with Crippen molar-refractivity contribution in [1.29, 1.82) is 0 Å². The maximum Gasteiger partial charge on any atom is 0.319 e. The number of hydrogen-bond acceptors (Lipinski definition) is 5. The lowest BCUT2D eigenvalue weighted by atomic mass is 9.67. The second-order valence-electron chi connectivity index (χ2n) is 6.31. The fourth-order valence-electron chi connectivity index (χ4n) is 2.67. The average Bonchev–Trinajstić information content (AvgIpc) is 2.42. The van der Waals surface area contributed by atoms with Crippen LogP contribution >= 0.6 is 0 Å². The molecule has 0 amide bonds. The summed E-state index contributed by atoms with van der Waals surface area (Å²) in [7, 11) is 0. The maximum atomic E-state index is 12.5. The zero-order chi connectivity index (χ0) is 16.0. The molecule has 0 aromatic heterocycles. The van der Waals surface area contributed by atoms with E-state index in [4.69, 9.17) is 4.74 Å². The molecule has 0 saturated carbocycles. The Balaban J connectivity index is 2.42. The van der Waals surface area contributed by atoms with Crippen molar-refractivity contribution in [1.82, 2.24) is 0 Å². The van der Waals surface area contributed by atoms with Crippen LogP contribution in [0.5, 0.6) is 0 Å². The van der Waals surface area contributed by atoms with Gasteiger partial charge in [0.2, 0.25) is 0 Å². The third-order valence-electron chi connectivity index (χ3n) is 3.95. The lowest BCUT2D eigenvalue weighted by Gasteiger charge is -2.43. The van der Waals surface area contributed by atoms with Crippen LogP contribution in [0.15, 0.2) is 24.3 Å². The van der Waals surface area contributed by atoms with E-state index < -0.39 is 27.8 Å². The summed E-state index contributed by atoms with van der Waals surface area (Å²) in [5, 5.41) is 10.7. The first-order valence-electron chi connectivity index (χ1n) is 6.59. The fraction of sp³-hybridized carbons (Fsp3) is 0.467. The molecule has 1 aliphatic rings. The zero-order valence-corrected chi connectivity index (χ0v) is 12.4. The van der Waals surface area contributed by atoms with Gasteiger partial charge in [-0.2, -0.15) is 0 Å². The quantitative estimate of drug-likeness (QED) is 0.362. The van der Waals surface area contributed by atoms with E-state index in [1.54, 1.807) is 27.7 Å². The molecule has 1 heterocycles. The molecule has 0 N–H and O–H groups in total. The molecule has 0 radical (unpaired) electrons. The molecule has 1 saturated heterocycles. The molecule has 2 rings (SSSR count). The van der Waals surface area contributed by atoms with Gasteiger partial charge in [-0.1, -0.05) is 0 Å². The molecule has 1 aliphatic heterocycles. The Hall–Kier alpha value is -2.24. The predicted molar refractivity (Wildman–Crippen MR) is 74.5 cm³/mol. The first-order valence-corrected chi connectivity index (χ1v) is 6.59. The van der Waals surface area contributed by atoms with Crippen LogP contribution in [-0.4, -0.2) is 16.7 Å². The summed E-state index contributed by atoms with van der Waals surface area (Å²) in [5.74, 6) is -0.773. The molecular weight excluding hydrogens is 274 g/mol. The Morgan fingerprint density at radius 3 is 2.10 bits per heavy atom.